The molecule has 31 valence electrons. The summed E-state index contributed by atoms with van der Waals surface area (Å²) >= 11 is 0. The van der Waals surface area contributed by atoms with E-state index in [1.54, 1.807) is 7.17 Å². The van der Waals surface area contributed by atoms with E-state index in [1.807, 2.05) is 7.05 Å². The van der Waals surface area contributed by atoms with Crippen LogP contribution in [0.3, 0.4) is 0 Å². The number of hydrogen-bond donors (Lipinski definition) is 1. The van der Waals surface area contributed by atoms with Crippen molar-refractivity contribution in [2.24, 2.45) is 0 Å². The molecule has 3 radical (unpaired) electrons. The van der Waals surface area contributed by atoms with Gasteiger partial charge in [-0.3, -0.25) is 0 Å². The molecule has 0 rings (SSSR count). The molecule has 0 aromatic heterocycles. The van der Waals surface area contributed by atoms with Gasteiger partial charge in [0, 0.05) is 7.74 Å². The van der Waals surface area contributed by atoms with Crippen LogP contribution < -0.4 is 5.32 Å². The van der Waals surface area contributed by atoms with E-state index in [9.17, 15) is 0 Å². The molecule has 0 saturated carbocycles. The second-order valence-electron chi connectivity index (χ2n) is 1.13. The zero-order chi connectivity index (χ0) is 4.83. The van der Waals surface area contributed by atoms with Crippen LogP contribution in [0.15, 0.2) is 0 Å². The average molecular weight is 79.7 g/mol. The third kappa shape index (κ3) is 4.09. The first-order valence-electron chi connectivity index (χ1n) is 2.10. The maximum absolute atomic E-state index is 5.05. The molecule has 0 aromatic rings. The Labute approximate surface area is 41.1 Å². The Balaban J connectivity index is 2.34. The minimum Gasteiger partial charge on any atom is -0.320 e. The van der Waals surface area contributed by atoms with Gasteiger partial charge in [0.1, 0.15) is 0 Å². The fraction of sp³-hybridized carbons (Fsp3) is 1.00. The lowest BCUT2D eigenvalue weighted by molar-refractivity contribution is 0.861. The zero-order valence-corrected chi connectivity index (χ0v) is 4.07. The third-order valence-corrected chi connectivity index (χ3v) is 0.561. The SMILES string of the molecule is [B][B]CCNC. The van der Waals surface area contributed by atoms with Crippen LogP contribution in [0.4, 0.5) is 0 Å². The van der Waals surface area contributed by atoms with E-state index in [2.05, 4.69) is 5.32 Å². The molecule has 0 bridgehead atoms. The summed E-state index contributed by atoms with van der Waals surface area (Å²) in [4.78, 5) is 0. The van der Waals surface area contributed by atoms with Gasteiger partial charge in [-0.05, 0) is 13.6 Å². The topological polar surface area (TPSA) is 12.0 Å². The van der Waals surface area contributed by atoms with E-state index in [0.29, 0.717) is 0 Å². The largest absolute Gasteiger partial charge is 0.320 e. The van der Waals surface area contributed by atoms with Gasteiger partial charge in [-0.15, -0.1) is 0 Å². The van der Waals surface area contributed by atoms with E-state index in [4.69, 9.17) is 7.74 Å². The van der Waals surface area contributed by atoms with Crippen molar-refractivity contribution in [3.8, 4) is 0 Å². The first kappa shape index (κ1) is 6.09. The minimum absolute atomic E-state index is 0.955. The van der Waals surface area contributed by atoms with Gasteiger partial charge in [0.2, 0.25) is 0 Å². The predicted octanol–water partition coefficient (Wildman–Crippen LogP) is -0.588. The summed E-state index contributed by atoms with van der Waals surface area (Å²) < 4.78 is 0. The highest BCUT2D eigenvalue weighted by molar-refractivity contribution is 6.89. The monoisotopic (exact) mass is 80.1 g/mol. The fourth-order valence-corrected chi connectivity index (χ4v) is 0.228. The van der Waals surface area contributed by atoms with Crippen molar-refractivity contribution in [2.75, 3.05) is 13.6 Å². The smallest absolute Gasteiger partial charge is 0.0561 e. The molecular weight excluding hydrogens is 71.7 g/mol. The van der Waals surface area contributed by atoms with E-state index >= 15 is 0 Å². The first-order chi connectivity index (χ1) is 2.91. The Morgan fingerprint density at radius 1 is 1.83 bits per heavy atom. The van der Waals surface area contributed by atoms with Gasteiger partial charge >= 0.3 is 0 Å². The molecular formula is C3H8B2N. The van der Waals surface area contributed by atoms with Crippen molar-refractivity contribution < 1.29 is 0 Å². The molecule has 0 heterocycles. The lowest BCUT2D eigenvalue weighted by atomic mass is 9.54. The van der Waals surface area contributed by atoms with Gasteiger partial charge in [0.25, 0.3) is 0 Å². The molecule has 1 N–H and O–H groups in total. The van der Waals surface area contributed by atoms with Crippen LogP contribution in [0.25, 0.3) is 0 Å². The Hall–Kier alpha value is 0.0899. The van der Waals surface area contributed by atoms with Gasteiger partial charge in [-0.25, -0.2) is 0 Å². The quantitative estimate of drug-likeness (QED) is 0.353. The standard InChI is InChI=1S/C3H8B2N/c1-6-3-2-5-4/h6H,2-3H2,1H3. The highest BCUT2D eigenvalue weighted by Gasteiger charge is 1.75. The second kappa shape index (κ2) is 5.09. The second-order valence-corrected chi connectivity index (χ2v) is 1.13. The summed E-state index contributed by atoms with van der Waals surface area (Å²) in [7, 11) is 8.61. The highest BCUT2D eigenvalue weighted by atomic mass is 14.8. The van der Waals surface area contributed by atoms with Gasteiger partial charge in [-0.1, -0.05) is 6.32 Å². The molecule has 1 nitrogen and oxygen atoms in total. The van der Waals surface area contributed by atoms with Gasteiger partial charge in [0.05, 0.1) is 7.17 Å². The maximum atomic E-state index is 5.05. The summed E-state index contributed by atoms with van der Waals surface area (Å²) in [6, 6.07) is 0. The number of nitrogens with one attached hydrogen (secondary N) is 1. The zero-order valence-electron chi connectivity index (χ0n) is 4.07. The summed E-state index contributed by atoms with van der Waals surface area (Å²) in [5.74, 6) is 0. The molecule has 0 aliphatic carbocycles. The summed E-state index contributed by atoms with van der Waals surface area (Å²) in [5.41, 5.74) is 0. The van der Waals surface area contributed by atoms with E-state index < -0.39 is 0 Å². The van der Waals surface area contributed by atoms with Crippen LogP contribution in [0.2, 0.25) is 6.32 Å². The molecule has 0 aliphatic heterocycles. The predicted molar refractivity (Wildman–Crippen MR) is 30.2 cm³/mol. The molecule has 3 heteroatoms. The fourth-order valence-electron chi connectivity index (χ4n) is 0.228. The van der Waals surface area contributed by atoms with Crippen molar-refractivity contribution in [3.05, 3.63) is 0 Å². The molecule has 0 fully saturated rings. The maximum Gasteiger partial charge on any atom is 0.0561 e. The first-order valence-corrected chi connectivity index (χ1v) is 2.10. The number of rotatable bonds is 3. The molecule has 0 aromatic carbocycles. The summed E-state index contributed by atoms with van der Waals surface area (Å²) in [6.07, 6.45) is 0.955. The lowest BCUT2D eigenvalue weighted by Crippen LogP contribution is -2.09. The molecule has 0 atom stereocenters. The van der Waals surface area contributed by atoms with E-state index in [-0.39, 0.29) is 0 Å². The van der Waals surface area contributed by atoms with Gasteiger partial charge in [-0.2, -0.15) is 0 Å². The Morgan fingerprint density at radius 3 is 2.67 bits per heavy atom. The molecule has 0 spiro atoms. The van der Waals surface area contributed by atoms with Crippen LogP contribution >= 0.6 is 0 Å². The van der Waals surface area contributed by atoms with E-state index in [0.717, 1.165) is 12.9 Å². The van der Waals surface area contributed by atoms with Crippen LogP contribution in [-0.2, 0) is 0 Å². The number of hydrogen-bond acceptors (Lipinski definition) is 1. The molecule has 0 unspecified atom stereocenters. The minimum atomic E-state index is 0.955. The molecule has 6 heavy (non-hydrogen) atoms. The molecule has 0 aliphatic rings. The Bertz CT molecular complexity index is 20.8. The Kier molecular flexibility index (Phi) is 5.17. The molecule has 0 amide bonds. The van der Waals surface area contributed by atoms with Crippen LogP contribution in [0.1, 0.15) is 0 Å². The summed E-state index contributed by atoms with van der Waals surface area (Å²) in [6.45, 7) is 0.983. The van der Waals surface area contributed by atoms with E-state index in [1.165, 1.54) is 0 Å². The van der Waals surface area contributed by atoms with Crippen molar-refractivity contribution in [3.63, 3.8) is 0 Å². The lowest BCUT2D eigenvalue weighted by Gasteiger charge is -1.89. The third-order valence-electron chi connectivity index (χ3n) is 0.561. The van der Waals surface area contributed by atoms with Crippen molar-refractivity contribution in [2.45, 2.75) is 6.32 Å². The Morgan fingerprint density at radius 2 is 2.50 bits per heavy atom. The molecule has 0 saturated heterocycles. The van der Waals surface area contributed by atoms with Crippen molar-refractivity contribution in [1.29, 1.82) is 0 Å². The van der Waals surface area contributed by atoms with Gasteiger partial charge < -0.3 is 5.32 Å². The van der Waals surface area contributed by atoms with Crippen LogP contribution in [-0.4, -0.2) is 28.5 Å². The summed E-state index contributed by atoms with van der Waals surface area (Å²) in [5, 5.41) is 2.96. The van der Waals surface area contributed by atoms with Crippen LogP contribution in [0, 0.1) is 0 Å². The average Bonchev–Trinajstić information content (AvgIpc) is 1.61. The highest BCUT2D eigenvalue weighted by Crippen LogP contribution is 1.64. The van der Waals surface area contributed by atoms with Crippen molar-refractivity contribution >= 4 is 14.9 Å². The van der Waals surface area contributed by atoms with Crippen LogP contribution in [0.5, 0.6) is 0 Å². The van der Waals surface area contributed by atoms with Crippen molar-refractivity contribution in [1.82, 2.24) is 5.32 Å². The van der Waals surface area contributed by atoms with Gasteiger partial charge in [0.15, 0.2) is 0 Å². The normalized spacial score (nSPS) is 8.17.